The predicted molar refractivity (Wildman–Crippen MR) is 121 cm³/mol. The summed E-state index contributed by atoms with van der Waals surface area (Å²) in [5.41, 5.74) is 5.01. The van der Waals surface area contributed by atoms with Crippen LogP contribution in [-0.2, 0) is 16.1 Å². The first-order valence-electron chi connectivity index (χ1n) is 11.0. The lowest BCUT2D eigenvalue weighted by Gasteiger charge is -2.26. The van der Waals surface area contributed by atoms with Gasteiger partial charge in [0.1, 0.15) is 6.54 Å². The third kappa shape index (κ3) is 6.57. The number of rotatable bonds is 9. The van der Waals surface area contributed by atoms with Gasteiger partial charge in [-0.05, 0) is 69.9 Å². The maximum absolute atomic E-state index is 12.4. The second-order valence-electron chi connectivity index (χ2n) is 7.75. The molecule has 0 atom stereocenters. The standard InChI is InChI=1S/C23H31N5O4/c1-4-31-21-13-19(14-24-25-22(29)15-28-18(3)12-17(2)26-28)8-9-20(21)32-16-23(30)27-10-6-5-7-11-27/h8-9,12-14H,4-7,10-11,15-16H2,1-3H3,(H,25,29)/b24-14+. The monoisotopic (exact) mass is 441 g/mol. The maximum Gasteiger partial charge on any atom is 0.261 e. The summed E-state index contributed by atoms with van der Waals surface area (Å²) in [5.74, 6) is 0.747. The second-order valence-corrected chi connectivity index (χ2v) is 7.75. The highest BCUT2D eigenvalue weighted by molar-refractivity contribution is 5.83. The van der Waals surface area contributed by atoms with Gasteiger partial charge in [-0.15, -0.1) is 0 Å². The summed E-state index contributed by atoms with van der Waals surface area (Å²) in [5, 5.41) is 8.28. The van der Waals surface area contributed by atoms with Gasteiger partial charge >= 0.3 is 0 Å². The fraction of sp³-hybridized carbons (Fsp3) is 0.478. The van der Waals surface area contributed by atoms with E-state index in [9.17, 15) is 9.59 Å². The van der Waals surface area contributed by atoms with Crippen molar-refractivity contribution in [3.05, 3.63) is 41.2 Å². The first-order valence-corrected chi connectivity index (χ1v) is 11.0. The zero-order chi connectivity index (χ0) is 22.9. The number of aryl methyl sites for hydroxylation is 2. The third-order valence-corrected chi connectivity index (χ3v) is 5.13. The molecule has 1 aromatic carbocycles. The lowest BCUT2D eigenvalue weighted by molar-refractivity contribution is -0.134. The Morgan fingerprint density at radius 3 is 2.59 bits per heavy atom. The Morgan fingerprint density at radius 1 is 1.12 bits per heavy atom. The number of carbonyl (C=O) groups is 2. The van der Waals surface area contributed by atoms with Gasteiger partial charge < -0.3 is 14.4 Å². The molecular weight excluding hydrogens is 410 g/mol. The van der Waals surface area contributed by atoms with Gasteiger partial charge in [0.05, 0.1) is 18.5 Å². The van der Waals surface area contributed by atoms with Crippen molar-refractivity contribution in [1.82, 2.24) is 20.1 Å². The van der Waals surface area contributed by atoms with Crippen LogP contribution in [0.1, 0.15) is 43.1 Å². The van der Waals surface area contributed by atoms with Gasteiger partial charge in [-0.2, -0.15) is 10.2 Å². The Bertz CT molecular complexity index is 963. The number of carbonyl (C=O) groups excluding carboxylic acids is 2. The van der Waals surface area contributed by atoms with Crippen LogP contribution in [0.15, 0.2) is 29.4 Å². The Kier molecular flexibility index (Phi) is 8.24. The SMILES string of the molecule is CCOc1cc(/C=N/NC(=O)Cn2nc(C)cc2C)ccc1OCC(=O)N1CCCCC1. The summed E-state index contributed by atoms with van der Waals surface area (Å²) >= 11 is 0. The van der Waals surface area contributed by atoms with E-state index in [-0.39, 0.29) is 25.0 Å². The van der Waals surface area contributed by atoms with Crippen LogP contribution in [0, 0.1) is 13.8 Å². The van der Waals surface area contributed by atoms with Crippen LogP contribution in [0.3, 0.4) is 0 Å². The van der Waals surface area contributed by atoms with Crippen LogP contribution in [0.4, 0.5) is 0 Å². The van der Waals surface area contributed by atoms with E-state index in [2.05, 4.69) is 15.6 Å². The van der Waals surface area contributed by atoms with Crippen molar-refractivity contribution < 1.29 is 19.1 Å². The lowest BCUT2D eigenvalue weighted by atomic mass is 10.1. The smallest absolute Gasteiger partial charge is 0.261 e. The summed E-state index contributed by atoms with van der Waals surface area (Å²) in [6.45, 7) is 7.78. The Hall–Kier alpha value is -3.36. The largest absolute Gasteiger partial charge is 0.490 e. The van der Waals surface area contributed by atoms with Crippen molar-refractivity contribution in [2.75, 3.05) is 26.3 Å². The molecule has 0 unspecified atom stereocenters. The summed E-state index contributed by atoms with van der Waals surface area (Å²) in [4.78, 5) is 26.3. The molecule has 2 aromatic rings. The van der Waals surface area contributed by atoms with Gasteiger partial charge in [0, 0.05) is 18.8 Å². The Balaban J connectivity index is 1.56. The molecule has 2 heterocycles. The number of nitrogens with one attached hydrogen (secondary N) is 1. The third-order valence-electron chi connectivity index (χ3n) is 5.13. The second kappa shape index (κ2) is 11.3. The van der Waals surface area contributed by atoms with Gasteiger partial charge in [0.2, 0.25) is 0 Å². The number of hydrogen-bond acceptors (Lipinski definition) is 6. The summed E-state index contributed by atoms with van der Waals surface area (Å²) in [7, 11) is 0. The van der Waals surface area contributed by atoms with Gasteiger partial charge in [-0.1, -0.05) is 0 Å². The van der Waals surface area contributed by atoms with Crippen molar-refractivity contribution in [3.63, 3.8) is 0 Å². The topological polar surface area (TPSA) is 98.0 Å². The van der Waals surface area contributed by atoms with Crippen molar-refractivity contribution >= 4 is 18.0 Å². The van der Waals surface area contributed by atoms with E-state index in [0.717, 1.165) is 42.9 Å². The highest BCUT2D eigenvalue weighted by Gasteiger charge is 2.17. The quantitative estimate of drug-likeness (QED) is 0.476. The molecule has 1 N–H and O–H groups in total. The molecule has 0 aliphatic carbocycles. The van der Waals surface area contributed by atoms with E-state index in [1.807, 2.05) is 31.7 Å². The number of nitrogens with zero attached hydrogens (tertiary/aromatic N) is 4. The number of hydrazone groups is 1. The van der Waals surface area contributed by atoms with Crippen LogP contribution in [0.2, 0.25) is 0 Å². The van der Waals surface area contributed by atoms with E-state index in [4.69, 9.17) is 9.47 Å². The number of ether oxygens (including phenoxy) is 2. The van der Waals surface area contributed by atoms with E-state index in [0.29, 0.717) is 18.1 Å². The van der Waals surface area contributed by atoms with Crippen LogP contribution in [0.25, 0.3) is 0 Å². The molecule has 0 bridgehead atoms. The molecule has 32 heavy (non-hydrogen) atoms. The minimum atomic E-state index is -0.270. The summed E-state index contributed by atoms with van der Waals surface area (Å²) in [6, 6.07) is 7.21. The Morgan fingerprint density at radius 2 is 1.91 bits per heavy atom. The normalized spacial score (nSPS) is 13.9. The molecule has 3 rings (SSSR count). The van der Waals surface area contributed by atoms with Crippen LogP contribution < -0.4 is 14.9 Å². The molecule has 9 nitrogen and oxygen atoms in total. The summed E-state index contributed by atoms with van der Waals surface area (Å²) < 4.78 is 13.0. The number of piperidine rings is 1. The van der Waals surface area contributed by atoms with Gasteiger partial charge in [0.15, 0.2) is 18.1 Å². The number of likely N-dealkylation sites (tertiary alicyclic amines) is 1. The van der Waals surface area contributed by atoms with E-state index >= 15 is 0 Å². The molecule has 1 aliphatic rings. The molecule has 1 fully saturated rings. The molecule has 9 heteroatoms. The van der Waals surface area contributed by atoms with Crippen molar-refractivity contribution in [3.8, 4) is 11.5 Å². The minimum absolute atomic E-state index is 0.0110. The molecule has 0 saturated carbocycles. The average Bonchev–Trinajstić information content (AvgIpc) is 3.10. The fourth-order valence-electron chi connectivity index (χ4n) is 3.55. The number of aromatic nitrogens is 2. The van der Waals surface area contributed by atoms with Gasteiger partial charge in [-0.25, -0.2) is 5.43 Å². The lowest BCUT2D eigenvalue weighted by Crippen LogP contribution is -2.38. The highest BCUT2D eigenvalue weighted by Crippen LogP contribution is 2.28. The molecule has 0 radical (unpaired) electrons. The molecule has 1 aromatic heterocycles. The molecule has 0 spiro atoms. The first kappa shape index (κ1) is 23.3. The minimum Gasteiger partial charge on any atom is -0.490 e. The average molecular weight is 442 g/mol. The van der Waals surface area contributed by atoms with Gasteiger partial charge in [-0.3, -0.25) is 14.3 Å². The zero-order valence-electron chi connectivity index (χ0n) is 19.0. The predicted octanol–water partition coefficient (Wildman–Crippen LogP) is 2.44. The fourth-order valence-corrected chi connectivity index (χ4v) is 3.55. The van der Waals surface area contributed by atoms with Crippen LogP contribution >= 0.6 is 0 Å². The van der Waals surface area contributed by atoms with Gasteiger partial charge in [0.25, 0.3) is 11.8 Å². The van der Waals surface area contributed by atoms with Crippen LogP contribution in [-0.4, -0.2) is 59.0 Å². The van der Waals surface area contributed by atoms with E-state index < -0.39 is 0 Å². The molecule has 1 saturated heterocycles. The van der Waals surface area contributed by atoms with Crippen molar-refractivity contribution in [1.29, 1.82) is 0 Å². The van der Waals surface area contributed by atoms with Crippen LogP contribution in [0.5, 0.6) is 11.5 Å². The number of benzene rings is 1. The number of amides is 2. The Labute approximate surface area is 188 Å². The van der Waals surface area contributed by atoms with E-state index in [1.54, 1.807) is 22.9 Å². The van der Waals surface area contributed by atoms with Crippen molar-refractivity contribution in [2.24, 2.45) is 5.10 Å². The molecule has 1 aliphatic heterocycles. The van der Waals surface area contributed by atoms with E-state index in [1.165, 1.54) is 12.6 Å². The first-order chi connectivity index (χ1) is 15.5. The number of hydrogen-bond donors (Lipinski definition) is 1. The highest BCUT2D eigenvalue weighted by atomic mass is 16.5. The maximum atomic E-state index is 12.4. The molecular formula is C23H31N5O4. The molecule has 2 amide bonds. The van der Waals surface area contributed by atoms with Crippen molar-refractivity contribution in [2.45, 2.75) is 46.6 Å². The zero-order valence-corrected chi connectivity index (χ0v) is 19.0. The summed E-state index contributed by atoms with van der Waals surface area (Å²) in [6.07, 6.45) is 4.79. The molecule has 172 valence electrons.